The molecule has 1 nitrogen and oxygen atoms in total. The lowest BCUT2D eigenvalue weighted by Gasteiger charge is -2.22. The first kappa shape index (κ1) is 15.7. The van der Waals surface area contributed by atoms with Crippen molar-refractivity contribution in [3.05, 3.63) is 0 Å². The third kappa shape index (κ3) is 10.9. The highest BCUT2D eigenvalue weighted by Crippen LogP contribution is 2.38. The number of unbranched alkanes of at least 4 members (excludes halogenated alkanes) is 3. The lowest BCUT2D eigenvalue weighted by molar-refractivity contribution is 0.187. The van der Waals surface area contributed by atoms with Crippen LogP contribution < -0.4 is 0 Å². The molecule has 0 aromatic carbocycles. The van der Waals surface area contributed by atoms with Crippen LogP contribution in [0.5, 0.6) is 0 Å². The number of hydrogen-bond acceptors (Lipinski definition) is 3. The molecule has 0 aliphatic carbocycles. The van der Waals surface area contributed by atoms with E-state index in [4.69, 9.17) is 4.74 Å². The molecular formula is C12H26OS2. The monoisotopic (exact) mass is 250 g/mol. The molecule has 0 radical (unpaired) electrons. The molecule has 0 spiro atoms. The van der Waals surface area contributed by atoms with Gasteiger partial charge in [-0.2, -0.15) is 0 Å². The molecule has 0 amide bonds. The van der Waals surface area contributed by atoms with E-state index in [1.165, 1.54) is 31.4 Å². The van der Waals surface area contributed by atoms with Gasteiger partial charge in [0, 0.05) is 24.2 Å². The maximum Gasteiger partial charge on any atom is 0.0475 e. The van der Waals surface area contributed by atoms with Crippen molar-refractivity contribution in [2.75, 3.05) is 19.5 Å². The third-order valence-corrected chi connectivity index (χ3v) is 5.71. The lowest BCUT2D eigenvalue weighted by Crippen LogP contribution is -2.15. The maximum atomic E-state index is 5.11. The zero-order chi connectivity index (χ0) is 11.6. The van der Waals surface area contributed by atoms with Crippen molar-refractivity contribution in [3.63, 3.8) is 0 Å². The summed E-state index contributed by atoms with van der Waals surface area (Å²) in [4.78, 5) is 0. The molecule has 0 saturated heterocycles. The van der Waals surface area contributed by atoms with E-state index in [9.17, 15) is 0 Å². The Morgan fingerprint density at radius 1 is 1.13 bits per heavy atom. The average molecular weight is 250 g/mol. The fourth-order valence-corrected chi connectivity index (χ4v) is 3.88. The standard InChI is InChI=1S/C12H26OS2/c1-5-6-7-8-11-14-15-12(2,3)9-10-13-4/h5-11H2,1-4H3. The highest BCUT2D eigenvalue weighted by Gasteiger charge is 2.18. The predicted molar refractivity (Wildman–Crippen MR) is 74.8 cm³/mol. The molecule has 0 heterocycles. The van der Waals surface area contributed by atoms with Gasteiger partial charge in [-0.3, -0.25) is 0 Å². The molecule has 92 valence electrons. The molecule has 0 aliphatic heterocycles. The van der Waals surface area contributed by atoms with Gasteiger partial charge in [0.15, 0.2) is 0 Å². The van der Waals surface area contributed by atoms with E-state index in [2.05, 4.69) is 20.8 Å². The smallest absolute Gasteiger partial charge is 0.0475 e. The van der Waals surface area contributed by atoms with Crippen molar-refractivity contribution in [2.24, 2.45) is 0 Å². The summed E-state index contributed by atoms with van der Waals surface area (Å²) < 4.78 is 5.47. The second-order valence-electron chi connectivity index (χ2n) is 4.47. The van der Waals surface area contributed by atoms with Gasteiger partial charge in [0.05, 0.1) is 0 Å². The molecule has 0 atom stereocenters. The molecule has 0 saturated carbocycles. The van der Waals surface area contributed by atoms with Crippen LogP contribution in [0.1, 0.15) is 52.9 Å². The average Bonchev–Trinajstić information content (AvgIpc) is 2.20. The second kappa shape index (κ2) is 9.86. The van der Waals surface area contributed by atoms with Gasteiger partial charge in [-0.05, 0) is 26.7 Å². The van der Waals surface area contributed by atoms with Crippen LogP contribution in [0.25, 0.3) is 0 Å². The van der Waals surface area contributed by atoms with E-state index in [1.54, 1.807) is 7.11 Å². The Morgan fingerprint density at radius 2 is 1.87 bits per heavy atom. The van der Waals surface area contributed by atoms with Crippen molar-refractivity contribution in [3.8, 4) is 0 Å². The summed E-state index contributed by atoms with van der Waals surface area (Å²) in [5.74, 6) is 1.29. The zero-order valence-corrected chi connectivity index (χ0v) is 12.3. The molecule has 0 rings (SSSR count). The minimum Gasteiger partial charge on any atom is -0.385 e. The molecule has 3 heteroatoms. The van der Waals surface area contributed by atoms with Crippen molar-refractivity contribution in [2.45, 2.75) is 57.6 Å². The molecule has 0 aromatic heterocycles. The van der Waals surface area contributed by atoms with Crippen LogP contribution >= 0.6 is 21.6 Å². The fourth-order valence-electron chi connectivity index (χ4n) is 1.18. The summed E-state index contributed by atoms with van der Waals surface area (Å²) in [5.41, 5.74) is 0. The Labute approximate surface area is 104 Å². The number of ether oxygens (including phenoxy) is 1. The van der Waals surface area contributed by atoms with Gasteiger partial charge in [0.2, 0.25) is 0 Å². The van der Waals surface area contributed by atoms with E-state index < -0.39 is 0 Å². The third-order valence-electron chi connectivity index (χ3n) is 2.27. The highest BCUT2D eigenvalue weighted by atomic mass is 33.1. The van der Waals surface area contributed by atoms with Gasteiger partial charge in [-0.15, -0.1) is 0 Å². The highest BCUT2D eigenvalue weighted by molar-refractivity contribution is 8.77. The summed E-state index contributed by atoms with van der Waals surface area (Å²) in [7, 11) is 5.81. The van der Waals surface area contributed by atoms with Gasteiger partial charge < -0.3 is 4.74 Å². The van der Waals surface area contributed by atoms with Crippen LogP contribution in [-0.4, -0.2) is 24.2 Å². The van der Waals surface area contributed by atoms with Crippen molar-refractivity contribution in [1.29, 1.82) is 0 Å². The lowest BCUT2D eigenvalue weighted by atomic mass is 10.1. The SMILES string of the molecule is CCCCCCSSC(C)(C)CCOC. The normalized spacial score (nSPS) is 12.0. The summed E-state index contributed by atoms with van der Waals surface area (Å²) in [6.45, 7) is 7.73. The van der Waals surface area contributed by atoms with E-state index in [1.807, 2.05) is 21.6 Å². The number of hydrogen-bond donors (Lipinski definition) is 0. The van der Waals surface area contributed by atoms with Crippen LogP contribution in [0, 0.1) is 0 Å². The molecule has 0 N–H and O–H groups in total. The topological polar surface area (TPSA) is 9.23 Å². The Bertz CT molecular complexity index is 138. The zero-order valence-electron chi connectivity index (χ0n) is 10.7. The number of methoxy groups -OCH3 is 1. The summed E-state index contributed by atoms with van der Waals surface area (Å²) in [6.07, 6.45) is 6.61. The van der Waals surface area contributed by atoms with Crippen LogP contribution in [0.15, 0.2) is 0 Å². The van der Waals surface area contributed by atoms with Crippen LogP contribution in [0.3, 0.4) is 0 Å². The fraction of sp³-hybridized carbons (Fsp3) is 1.00. The molecule has 0 aromatic rings. The second-order valence-corrected chi connectivity index (χ2v) is 7.59. The van der Waals surface area contributed by atoms with Crippen molar-refractivity contribution >= 4 is 21.6 Å². The molecular weight excluding hydrogens is 224 g/mol. The predicted octanol–water partition coefficient (Wildman–Crippen LogP) is 4.76. The summed E-state index contributed by atoms with van der Waals surface area (Å²) >= 11 is 0. The number of rotatable bonds is 10. The van der Waals surface area contributed by atoms with Crippen molar-refractivity contribution < 1.29 is 4.74 Å². The molecule has 0 bridgehead atoms. The van der Waals surface area contributed by atoms with Gasteiger partial charge in [-0.1, -0.05) is 47.8 Å². The van der Waals surface area contributed by atoms with Crippen LogP contribution in [0.4, 0.5) is 0 Å². The first-order valence-corrected chi connectivity index (χ1v) is 8.24. The Balaban J connectivity index is 3.32. The van der Waals surface area contributed by atoms with Crippen molar-refractivity contribution in [1.82, 2.24) is 0 Å². The Kier molecular flexibility index (Phi) is 10.3. The molecule has 0 unspecified atom stereocenters. The largest absolute Gasteiger partial charge is 0.385 e. The summed E-state index contributed by atoms with van der Waals surface area (Å²) in [6, 6.07) is 0. The first-order valence-electron chi connectivity index (χ1n) is 5.92. The molecule has 15 heavy (non-hydrogen) atoms. The van der Waals surface area contributed by atoms with E-state index in [0.29, 0.717) is 4.75 Å². The van der Waals surface area contributed by atoms with Gasteiger partial charge in [0.25, 0.3) is 0 Å². The maximum absolute atomic E-state index is 5.11. The molecule has 0 fully saturated rings. The van der Waals surface area contributed by atoms with E-state index in [0.717, 1.165) is 13.0 Å². The quantitative estimate of drug-likeness (QED) is 0.408. The minimum atomic E-state index is 0.353. The Hall–Kier alpha value is 0.660. The summed E-state index contributed by atoms with van der Waals surface area (Å²) in [5, 5.41) is 0. The van der Waals surface area contributed by atoms with Gasteiger partial charge in [-0.25, -0.2) is 0 Å². The first-order chi connectivity index (χ1) is 7.12. The van der Waals surface area contributed by atoms with Crippen LogP contribution in [-0.2, 0) is 4.74 Å². The van der Waals surface area contributed by atoms with E-state index >= 15 is 0 Å². The minimum absolute atomic E-state index is 0.353. The van der Waals surface area contributed by atoms with E-state index in [-0.39, 0.29) is 0 Å². The van der Waals surface area contributed by atoms with Crippen LogP contribution in [0.2, 0.25) is 0 Å². The van der Waals surface area contributed by atoms with Gasteiger partial charge >= 0.3 is 0 Å². The van der Waals surface area contributed by atoms with Gasteiger partial charge in [0.1, 0.15) is 0 Å². The Morgan fingerprint density at radius 3 is 2.47 bits per heavy atom. The molecule has 0 aliphatic rings.